The minimum Gasteiger partial charge on any atom is -0.494 e. The zero-order valence-corrected chi connectivity index (χ0v) is 17.4. The molecule has 164 valence electrons. The van der Waals surface area contributed by atoms with E-state index in [2.05, 4.69) is 10.6 Å². The third-order valence-electron chi connectivity index (χ3n) is 5.19. The van der Waals surface area contributed by atoms with E-state index >= 15 is 0 Å². The molecule has 8 heteroatoms. The topological polar surface area (TPSA) is 87.7 Å². The molecule has 0 unspecified atom stereocenters. The molecule has 1 aliphatic heterocycles. The smallest absolute Gasteiger partial charge is 0.313 e. The second-order valence-corrected chi connectivity index (χ2v) is 7.34. The molecule has 0 aromatic heterocycles. The number of amides is 3. The van der Waals surface area contributed by atoms with Crippen LogP contribution in [-0.4, -0.2) is 48.9 Å². The summed E-state index contributed by atoms with van der Waals surface area (Å²) >= 11 is 0. The maximum atomic E-state index is 13.8. The van der Waals surface area contributed by atoms with Crippen LogP contribution in [0.3, 0.4) is 0 Å². The summed E-state index contributed by atoms with van der Waals surface area (Å²) in [6.07, 6.45) is 1.34. The Hall–Kier alpha value is -3.42. The standard InChI is InChI=1S/C23H26FN3O4/c1-2-31-18-9-7-17(8-10-18)26-22(29)21(28)25-15-16-11-13-27(14-12-16)23(30)19-5-3-4-6-20(19)24/h3-10,16H,2,11-15H2,1H3,(H,25,28)(H,26,29). The van der Waals surface area contributed by atoms with Crippen molar-refractivity contribution in [1.29, 1.82) is 0 Å². The van der Waals surface area contributed by atoms with Crippen LogP contribution >= 0.6 is 0 Å². The van der Waals surface area contributed by atoms with Gasteiger partial charge in [-0.2, -0.15) is 0 Å². The fourth-order valence-corrected chi connectivity index (χ4v) is 3.45. The largest absolute Gasteiger partial charge is 0.494 e. The first-order valence-corrected chi connectivity index (χ1v) is 10.3. The van der Waals surface area contributed by atoms with Gasteiger partial charge in [-0.25, -0.2) is 4.39 Å². The summed E-state index contributed by atoms with van der Waals surface area (Å²) in [4.78, 5) is 38.3. The van der Waals surface area contributed by atoms with E-state index < -0.39 is 17.6 Å². The van der Waals surface area contributed by atoms with Gasteiger partial charge in [0.25, 0.3) is 5.91 Å². The van der Waals surface area contributed by atoms with Crippen LogP contribution in [0.15, 0.2) is 48.5 Å². The highest BCUT2D eigenvalue weighted by atomic mass is 19.1. The molecular formula is C23H26FN3O4. The molecule has 1 aliphatic rings. The first-order chi connectivity index (χ1) is 15.0. The number of ether oxygens (including phenoxy) is 1. The van der Waals surface area contributed by atoms with Gasteiger partial charge in [0, 0.05) is 25.3 Å². The molecular weight excluding hydrogens is 401 g/mol. The molecule has 3 rings (SSSR count). The second kappa shape index (κ2) is 10.6. The lowest BCUT2D eigenvalue weighted by atomic mass is 9.96. The molecule has 0 radical (unpaired) electrons. The number of benzene rings is 2. The van der Waals surface area contributed by atoms with Gasteiger partial charge < -0.3 is 20.3 Å². The van der Waals surface area contributed by atoms with Gasteiger partial charge in [0.1, 0.15) is 11.6 Å². The van der Waals surface area contributed by atoms with Crippen LogP contribution in [0.4, 0.5) is 10.1 Å². The molecule has 2 aromatic rings. The highest BCUT2D eigenvalue weighted by Crippen LogP contribution is 2.20. The van der Waals surface area contributed by atoms with Crippen LogP contribution in [0, 0.1) is 11.7 Å². The molecule has 0 atom stereocenters. The molecule has 0 aliphatic carbocycles. The fourth-order valence-electron chi connectivity index (χ4n) is 3.45. The van der Waals surface area contributed by atoms with Gasteiger partial charge in [-0.3, -0.25) is 14.4 Å². The first kappa shape index (κ1) is 22.3. The quantitative estimate of drug-likeness (QED) is 0.694. The van der Waals surface area contributed by atoms with E-state index in [4.69, 9.17) is 4.74 Å². The van der Waals surface area contributed by atoms with Crippen LogP contribution in [0.25, 0.3) is 0 Å². The Kier molecular flexibility index (Phi) is 7.59. The number of nitrogens with one attached hydrogen (secondary N) is 2. The third kappa shape index (κ3) is 6.04. The molecule has 7 nitrogen and oxygen atoms in total. The maximum absolute atomic E-state index is 13.8. The van der Waals surface area contributed by atoms with Gasteiger partial charge in [0.05, 0.1) is 12.2 Å². The van der Waals surface area contributed by atoms with Crippen molar-refractivity contribution in [3.05, 3.63) is 59.9 Å². The van der Waals surface area contributed by atoms with Gasteiger partial charge in [-0.05, 0) is 62.1 Å². The number of anilines is 1. The number of likely N-dealkylation sites (tertiary alicyclic amines) is 1. The molecule has 3 amide bonds. The number of nitrogens with zero attached hydrogens (tertiary/aromatic N) is 1. The van der Waals surface area contributed by atoms with Gasteiger partial charge in [0.15, 0.2) is 0 Å². The number of hydrogen-bond donors (Lipinski definition) is 2. The van der Waals surface area contributed by atoms with Crippen LogP contribution in [0.1, 0.15) is 30.1 Å². The van der Waals surface area contributed by atoms with Crippen molar-refractivity contribution in [2.45, 2.75) is 19.8 Å². The highest BCUT2D eigenvalue weighted by molar-refractivity contribution is 6.39. The predicted molar refractivity (Wildman–Crippen MR) is 114 cm³/mol. The Morgan fingerprint density at radius 2 is 1.71 bits per heavy atom. The summed E-state index contributed by atoms with van der Waals surface area (Å²) < 4.78 is 19.2. The zero-order valence-electron chi connectivity index (χ0n) is 17.4. The van der Waals surface area contributed by atoms with E-state index in [9.17, 15) is 18.8 Å². The first-order valence-electron chi connectivity index (χ1n) is 10.3. The average Bonchev–Trinajstić information content (AvgIpc) is 2.79. The minimum absolute atomic E-state index is 0.0696. The van der Waals surface area contributed by atoms with E-state index in [0.717, 1.165) is 0 Å². The Bertz CT molecular complexity index is 925. The normalized spacial score (nSPS) is 14.1. The van der Waals surface area contributed by atoms with Crippen molar-refractivity contribution in [1.82, 2.24) is 10.2 Å². The molecule has 1 saturated heterocycles. The number of halogens is 1. The van der Waals surface area contributed by atoms with Crippen LogP contribution in [-0.2, 0) is 9.59 Å². The number of carbonyl (C=O) groups excluding carboxylic acids is 3. The van der Waals surface area contributed by atoms with Crippen LogP contribution in [0.5, 0.6) is 5.75 Å². The minimum atomic E-state index is -0.740. The van der Waals surface area contributed by atoms with Gasteiger partial charge in [-0.1, -0.05) is 12.1 Å². The number of piperidine rings is 1. The van der Waals surface area contributed by atoms with Gasteiger partial charge in [0.2, 0.25) is 0 Å². The molecule has 0 bridgehead atoms. The fraction of sp³-hybridized carbons (Fsp3) is 0.348. The summed E-state index contributed by atoms with van der Waals surface area (Å²) in [7, 11) is 0. The van der Waals surface area contributed by atoms with Crippen molar-refractivity contribution in [3.63, 3.8) is 0 Å². The number of hydrogen-bond acceptors (Lipinski definition) is 4. The van der Waals surface area contributed by atoms with E-state index in [1.807, 2.05) is 6.92 Å². The lowest BCUT2D eigenvalue weighted by molar-refractivity contribution is -0.136. The zero-order chi connectivity index (χ0) is 22.2. The number of carbonyl (C=O) groups is 3. The van der Waals surface area contributed by atoms with E-state index in [0.29, 0.717) is 50.5 Å². The SMILES string of the molecule is CCOc1ccc(NC(=O)C(=O)NCC2CCN(C(=O)c3ccccc3F)CC2)cc1. The lowest BCUT2D eigenvalue weighted by Gasteiger charge is -2.32. The van der Waals surface area contributed by atoms with Crippen molar-refractivity contribution < 1.29 is 23.5 Å². The maximum Gasteiger partial charge on any atom is 0.313 e. The molecule has 31 heavy (non-hydrogen) atoms. The lowest BCUT2D eigenvalue weighted by Crippen LogP contribution is -2.43. The molecule has 0 spiro atoms. The van der Waals surface area contributed by atoms with Gasteiger partial charge >= 0.3 is 11.8 Å². The van der Waals surface area contributed by atoms with E-state index in [1.165, 1.54) is 12.1 Å². The molecule has 2 aromatic carbocycles. The van der Waals surface area contributed by atoms with Crippen LogP contribution in [0.2, 0.25) is 0 Å². The molecule has 1 fully saturated rings. The van der Waals surface area contributed by atoms with Gasteiger partial charge in [-0.15, -0.1) is 0 Å². The Morgan fingerprint density at radius 1 is 1.03 bits per heavy atom. The predicted octanol–water partition coefficient (Wildman–Crippen LogP) is 2.83. The summed E-state index contributed by atoms with van der Waals surface area (Å²) in [5.41, 5.74) is 0.573. The molecule has 2 N–H and O–H groups in total. The number of rotatable bonds is 6. The summed E-state index contributed by atoms with van der Waals surface area (Å²) in [5, 5.41) is 5.20. The molecule has 0 saturated carbocycles. The highest BCUT2D eigenvalue weighted by Gasteiger charge is 2.26. The van der Waals surface area contributed by atoms with Crippen LogP contribution < -0.4 is 15.4 Å². The summed E-state index contributed by atoms with van der Waals surface area (Å²) in [6, 6.07) is 12.7. The summed E-state index contributed by atoms with van der Waals surface area (Å²) in [6.45, 7) is 3.73. The summed E-state index contributed by atoms with van der Waals surface area (Å²) in [5.74, 6) is -1.47. The van der Waals surface area contributed by atoms with Crippen molar-refractivity contribution in [3.8, 4) is 5.75 Å². The van der Waals surface area contributed by atoms with Crippen molar-refractivity contribution in [2.24, 2.45) is 5.92 Å². The average molecular weight is 427 g/mol. The van der Waals surface area contributed by atoms with Crippen molar-refractivity contribution >= 4 is 23.4 Å². The third-order valence-corrected chi connectivity index (χ3v) is 5.19. The molecule has 1 heterocycles. The van der Waals surface area contributed by atoms with Crippen molar-refractivity contribution in [2.75, 3.05) is 31.6 Å². The Morgan fingerprint density at radius 3 is 2.35 bits per heavy atom. The van der Waals surface area contributed by atoms with E-state index in [1.54, 1.807) is 41.3 Å². The Balaban J connectivity index is 1.41. The Labute approximate surface area is 180 Å². The monoisotopic (exact) mass is 427 g/mol. The second-order valence-electron chi connectivity index (χ2n) is 7.34. The van der Waals surface area contributed by atoms with E-state index in [-0.39, 0.29) is 17.4 Å².